The molecule has 4 heterocycles. The normalized spacial score (nSPS) is 12.9. The molecule has 2 amide bonds. The predicted octanol–water partition coefficient (Wildman–Crippen LogP) is 4.82. The molecule has 0 saturated heterocycles. The molecule has 0 spiro atoms. The van der Waals surface area contributed by atoms with Crippen LogP contribution in [0, 0.1) is 11.7 Å². The second-order valence-electron chi connectivity index (χ2n) is 8.84. The maximum atomic E-state index is 13.4. The summed E-state index contributed by atoms with van der Waals surface area (Å²) in [7, 11) is 0. The number of nitrogens with one attached hydrogen (secondary N) is 3. The maximum absolute atomic E-state index is 13.4. The fourth-order valence-corrected chi connectivity index (χ4v) is 4.00. The lowest BCUT2D eigenvalue weighted by atomic mass is 10.0. The molecule has 1 aliphatic carbocycles. The van der Waals surface area contributed by atoms with Gasteiger partial charge in [0.15, 0.2) is 5.69 Å². The number of H-pyrrole nitrogens is 1. The van der Waals surface area contributed by atoms with Gasteiger partial charge in [-0.05, 0) is 54.8 Å². The van der Waals surface area contributed by atoms with Crippen molar-refractivity contribution in [2.24, 2.45) is 5.92 Å². The van der Waals surface area contributed by atoms with Crippen LogP contribution in [-0.2, 0) is 4.79 Å². The summed E-state index contributed by atoms with van der Waals surface area (Å²) in [5.41, 5.74) is 4.72. The molecule has 0 radical (unpaired) electrons. The Labute approximate surface area is 210 Å². The second-order valence-corrected chi connectivity index (χ2v) is 8.84. The van der Waals surface area contributed by atoms with Gasteiger partial charge in [-0.25, -0.2) is 4.39 Å². The molecular weight excluding hydrogens is 473 g/mol. The lowest BCUT2D eigenvalue weighted by Gasteiger charge is -2.07. The van der Waals surface area contributed by atoms with Gasteiger partial charge in [0.1, 0.15) is 5.82 Å². The van der Waals surface area contributed by atoms with Crippen LogP contribution in [0.15, 0.2) is 73.4 Å². The Bertz CT molecular complexity index is 1640. The number of amides is 2. The molecule has 1 saturated carbocycles. The number of hydrogen-bond acceptors (Lipinski definition) is 6. The number of benzene rings is 1. The molecule has 4 aromatic heterocycles. The van der Waals surface area contributed by atoms with Crippen molar-refractivity contribution in [2.75, 3.05) is 10.6 Å². The summed E-state index contributed by atoms with van der Waals surface area (Å²) in [6.45, 7) is 0. The molecule has 1 fully saturated rings. The zero-order valence-corrected chi connectivity index (χ0v) is 19.4. The number of fused-ring (bicyclic) bond motifs is 1. The number of hydrogen-bond donors (Lipinski definition) is 3. The first-order valence-electron chi connectivity index (χ1n) is 11.7. The molecular formula is C27H20FN7O2. The van der Waals surface area contributed by atoms with E-state index in [0.29, 0.717) is 33.5 Å². The number of halogens is 1. The average molecular weight is 494 g/mol. The standard InChI is InChI=1S/C27H20FN7O2/c28-19-7-18(11-29-12-19)23-6-4-20(14-31-23)32-27(37)25-22-9-16(3-5-24(22)34-35-25)17-8-21(13-30-10-17)33-26(36)15-1-2-15/h3-15H,1-2H2,(H,32,37)(H,33,36)(H,34,35). The molecule has 9 nitrogen and oxygen atoms in total. The van der Waals surface area contributed by atoms with E-state index < -0.39 is 11.7 Å². The predicted molar refractivity (Wildman–Crippen MR) is 136 cm³/mol. The molecule has 6 rings (SSSR count). The van der Waals surface area contributed by atoms with Crippen molar-refractivity contribution >= 4 is 34.1 Å². The first-order valence-corrected chi connectivity index (χ1v) is 11.7. The van der Waals surface area contributed by atoms with Crippen LogP contribution in [0.1, 0.15) is 23.3 Å². The van der Waals surface area contributed by atoms with Crippen LogP contribution in [0.3, 0.4) is 0 Å². The maximum Gasteiger partial charge on any atom is 0.276 e. The van der Waals surface area contributed by atoms with Crippen LogP contribution >= 0.6 is 0 Å². The third-order valence-electron chi connectivity index (χ3n) is 6.09. The van der Waals surface area contributed by atoms with Crippen LogP contribution in [0.2, 0.25) is 0 Å². The van der Waals surface area contributed by atoms with Crippen molar-refractivity contribution in [3.8, 4) is 22.4 Å². The smallest absolute Gasteiger partial charge is 0.276 e. The number of aromatic nitrogens is 5. The molecule has 0 bridgehead atoms. The zero-order chi connectivity index (χ0) is 25.4. The van der Waals surface area contributed by atoms with Crippen LogP contribution in [-0.4, -0.2) is 37.0 Å². The molecule has 1 aliphatic rings. The van der Waals surface area contributed by atoms with Crippen molar-refractivity contribution in [3.05, 3.63) is 85.0 Å². The number of aromatic amines is 1. The average Bonchev–Trinajstić information content (AvgIpc) is 3.68. The van der Waals surface area contributed by atoms with Gasteiger partial charge in [0.05, 0.1) is 41.2 Å². The molecule has 3 N–H and O–H groups in total. The summed E-state index contributed by atoms with van der Waals surface area (Å²) in [4.78, 5) is 37.5. The minimum Gasteiger partial charge on any atom is -0.324 e. The molecule has 0 atom stereocenters. The fourth-order valence-electron chi connectivity index (χ4n) is 4.00. The Kier molecular flexibility index (Phi) is 5.61. The van der Waals surface area contributed by atoms with E-state index in [1.54, 1.807) is 24.5 Å². The highest BCUT2D eigenvalue weighted by molar-refractivity contribution is 6.11. The summed E-state index contributed by atoms with van der Waals surface area (Å²) in [5, 5.41) is 13.4. The number of anilines is 2. The highest BCUT2D eigenvalue weighted by atomic mass is 19.1. The van der Waals surface area contributed by atoms with Gasteiger partial charge in [-0.15, -0.1) is 0 Å². The van der Waals surface area contributed by atoms with Gasteiger partial charge >= 0.3 is 0 Å². The highest BCUT2D eigenvalue weighted by Crippen LogP contribution is 2.31. The van der Waals surface area contributed by atoms with E-state index in [-0.39, 0.29) is 17.5 Å². The van der Waals surface area contributed by atoms with E-state index in [1.807, 2.05) is 24.3 Å². The Morgan fingerprint density at radius 1 is 0.838 bits per heavy atom. The van der Waals surface area contributed by atoms with Crippen LogP contribution in [0.4, 0.5) is 15.8 Å². The van der Waals surface area contributed by atoms with Crippen LogP contribution in [0.5, 0.6) is 0 Å². The topological polar surface area (TPSA) is 126 Å². The third kappa shape index (κ3) is 4.76. The minimum absolute atomic E-state index is 0.0123. The van der Waals surface area contributed by atoms with Gasteiger partial charge < -0.3 is 10.6 Å². The minimum atomic E-state index is -0.452. The number of pyridine rings is 3. The van der Waals surface area contributed by atoms with Crippen molar-refractivity contribution in [1.82, 2.24) is 25.1 Å². The van der Waals surface area contributed by atoms with Crippen LogP contribution < -0.4 is 10.6 Å². The number of rotatable bonds is 6. The SMILES string of the molecule is O=C(Nc1ccc(-c2cncc(F)c2)nc1)c1n[nH]c2ccc(-c3cncc(NC(=O)C4CC4)c3)cc12. The van der Waals surface area contributed by atoms with E-state index in [2.05, 4.69) is 35.8 Å². The Hall–Kier alpha value is -4.99. The number of carbonyl (C=O) groups is 2. The van der Waals surface area contributed by atoms with Gasteiger partial charge in [0, 0.05) is 34.8 Å². The lowest BCUT2D eigenvalue weighted by molar-refractivity contribution is -0.117. The third-order valence-corrected chi connectivity index (χ3v) is 6.09. The van der Waals surface area contributed by atoms with E-state index in [1.165, 1.54) is 18.5 Å². The van der Waals surface area contributed by atoms with Gasteiger partial charge in [-0.1, -0.05) is 6.07 Å². The van der Waals surface area contributed by atoms with Crippen molar-refractivity contribution in [2.45, 2.75) is 12.8 Å². The van der Waals surface area contributed by atoms with Gasteiger partial charge in [0.25, 0.3) is 5.91 Å². The summed E-state index contributed by atoms with van der Waals surface area (Å²) in [6, 6.07) is 12.1. The van der Waals surface area contributed by atoms with E-state index >= 15 is 0 Å². The van der Waals surface area contributed by atoms with Crippen molar-refractivity contribution in [3.63, 3.8) is 0 Å². The molecule has 5 aromatic rings. The summed E-state index contributed by atoms with van der Waals surface area (Å²) in [5.74, 6) is -0.754. The number of nitrogens with zero attached hydrogens (tertiary/aromatic N) is 4. The number of carbonyl (C=O) groups excluding carboxylic acids is 2. The van der Waals surface area contributed by atoms with E-state index in [0.717, 1.165) is 30.2 Å². The first kappa shape index (κ1) is 22.5. The van der Waals surface area contributed by atoms with Gasteiger partial charge in [-0.2, -0.15) is 5.10 Å². The Morgan fingerprint density at radius 3 is 2.46 bits per heavy atom. The first-order chi connectivity index (χ1) is 18.0. The Balaban J connectivity index is 1.22. The van der Waals surface area contributed by atoms with Crippen molar-refractivity contribution in [1.29, 1.82) is 0 Å². The molecule has 182 valence electrons. The lowest BCUT2D eigenvalue weighted by Crippen LogP contribution is -2.13. The fraction of sp³-hybridized carbons (Fsp3) is 0.111. The monoisotopic (exact) mass is 493 g/mol. The zero-order valence-electron chi connectivity index (χ0n) is 19.4. The van der Waals surface area contributed by atoms with Gasteiger partial charge in [-0.3, -0.25) is 29.6 Å². The summed E-state index contributed by atoms with van der Waals surface area (Å²) in [6.07, 6.45) is 9.29. The van der Waals surface area contributed by atoms with Crippen molar-refractivity contribution < 1.29 is 14.0 Å². The Morgan fingerprint density at radius 2 is 1.68 bits per heavy atom. The summed E-state index contributed by atoms with van der Waals surface area (Å²) >= 11 is 0. The molecule has 0 unspecified atom stereocenters. The van der Waals surface area contributed by atoms with Gasteiger partial charge in [0.2, 0.25) is 5.91 Å². The van der Waals surface area contributed by atoms with E-state index in [4.69, 9.17) is 0 Å². The quantitative estimate of drug-likeness (QED) is 0.311. The molecule has 37 heavy (non-hydrogen) atoms. The van der Waals surface area contributed by atoms with Crippen LogP contribution in [0.25, 0.3) is 33.3 Å². The molecule has 10 heteroatoms. The van der Waals surface area contributed by atoms with E-state index in [9.17, 15) is 14.0 Å². The molecule has 1 aromatic carbocycles. The highest BCUT2D eigenvalue weighted by Gasteiger charge is 2.29. The molecule has 0 aliphatic heterocycles. The largest absolute Gasteiger partial charge is 0.324 e. The second kappa shape index (κ2) is 9.23. The summed E-state index contributed by atoms with van der Waals surface area (Å²) < 4.78 is 13.4.